The van der Waals surface area contributed by atoms with Gasteiger partial charge in [0.05, 0.1) is 35.8 Å². The molecule has 26 heavy (non-hydrogen) atoms. The van der Waals surface area contributed by atoms with Crippen molar-refractivity contribution in [3.63, 3.8) is 0 Å². The molecule has 1 aromatic carbocycles. The zero-order chi connectivity index (χ0) is 19.6. The fraction of sp³-hybridized carbons (Fsp3) is 0.375. The van der Waals surface area contributed by atoms with E-state index in [1.165, 1.54) is 38.1 Å². The summed E-state index contributed by atoms with van der Waals surface area (Å²) in [6, 6.07) is 0.802. The van der Waals surface area contributed by atoms with Crippen LogP contribution < -0.4 is 10.1 Å². The van der Waals surface area contributed by atoms with Gasteiger partial charge in [0.15, 0.2) is 5.75 Å². The van der Waals surface area contributed by atoms with Crippen molar-refractivity contribution in [1.82, 2.24) is 10.2 Å². The number of hydrogen-bond donors (Lipinski definition) is 2. The van der Waals surface area contributed by atoms with E-state index in [0.29, 0.717) is 5.70 Å². The van der Waals surface area contributed by atoms with Gasteiger partial charge in [-0.3, -0.25) is 10.1 Å². The van der Waals surface area contributed by atoms with Gasteiger partial charge in [-0.1, -0.05) is 0 Å². The number of carbonyl (C=O) groups excluding carboxylic acids is 2. The maximum Gasteiger partial charge on any atom is 0.337 e. The number of ether oxygens (including phenoxy) is 2. The average molecular weight is 365 g/mol. The summed E-state index contributed by atoms with van der Waals surface area (Å²) >= 11 is 0. The van der Waals surface area contributed by atoms with Gasteiger partial charge in [0.1, 0.15) is 0 Å². The number of nitrogens with one attached hydrogen (secondary N) is 1. The molecule has 2 amide bonds. The fourth-order valence-electron chi connectivity index (χ4n) is 2.73. The Hall–Kier alpha value is -3.30. The minimum Gasteiger partial charge on any atom is -0.504 e. The molecule has 10 nitrogen and oxygen atoms in total. The number of nitro groups is 1. The number of nitro benzene ring substituents is 1. The number of benzene rings is 1. The molecule has 1 atom stereocenters. The van der Waals surface area contributed by atoms with Crippen molar-refractivity contribution in [2.24, 2.45) is 0 Å². The molecular weight excluding hydrogens is 346 g/mol. The summed E-state index contributed by atoms with van der Waals surface area (Å²) in [7, 11) is 2.63. The third kappa shape index (κ3) is 3.13. The number of methoxy groups -OCH3 is 1. The van der Waals surface area contributed by atoms with Crippen molar-refractivity contribution in [2.45, 2.75) is 19.9 Å². The Balaban J connectivity index is 2.76. The largest absolute Gasteiger partial charge is 0.504 e. The molecule has 0 aliphatic carbocycles. The smallest absolute Gasteiger partial charge is 0.337 e. The van der Waals surface area contributed by atoms with Crippen molar-refractivity contribution in [3.8, 4) is 11.5 Å². The fourth-order valence-corrected chi connectivity index (χ4v) is 2.73. The molecule has 1 heterocycles. The highest BCUT2D eigenvalue weighted by atomic mass is 16.6. The Morgan fingerprint density at radius 2 is 2.12 bits per heavy atom. The molecule has 1 aliphatic heterocycles. The van der Waals surface area contributed by atoms with Gasteiger partial charge in [0, 0.05) is 12.7 Å². The number of esters is 1. The minimum absolute atomic E-state index is 0.00236. The van der Waals surface area contributed by atoms with Gasteiger partial charge in [-0.25, -0.2) is 9.59 Å². The first-order valence-electron chi connectivity index (χ1n) is 7.70. The summed E-state index contributed by atoms with van der Waals surface area (Å²) in [5.74, 6) is -1.48. The maximum atomic E-state index is 12.3. The van der Waals surface area contributed by atoms with E-state index in [4.69, 9.17) is 9.47 Å². The predicted molar refractivity (Wildman–Crippen MR) is 89.7 cm³/mol. The van der Waals surface area contributed by atoms with Crippen LogP contribution in [0.25, 0.3) is 0 Å². The second kappa shape index (κ2) is 7.30. The molecule has 0 unspecified atom stereocenters. The number of phenolic OH excluding ortho intramolecular Hbond substituents is 1. The van der Waals surface area contributed by atoms with E-state index >= 15 is 0 Å². The molecule has 2 rings (SSSR count). The van der Waals surface area contributed by atoms with E-state index in [1.54, 1.807) is 6.92 Å². The molecule has 1 aliphatic rings. The molecule has 0 saturated carbocycles. The third-order valence-electron chi connectivity index (χ3n) is 4.08. The average Bonchev–Trinajstić information content (AvgIpc) is 2.60. The summed E-state index contributed by atoms with van der Waals surface area (Å²) in [5, 5.41) is 24.1. The first-order chi connectivity index (χ1) is 12.2. The quantitative estimate of drug-likeness (QED) is 0.462. The highest BCUT2D eigenvalue weighted by molar-refractivity contribution is 5.95. The van der Waals surface area contributed by atoms with E-state index in [-0.39, 0.29) is 23.5 Å². The molecule has 0 spiro atoms. The number of aromatic hydroxyl groups is 1. The van der Waals surface area contributed by atoms with Gasteiger partial charge in [-0.15, -0.1) is 0 Å². The van der Waals surface area contributed by atoms with E-state index in [9.17, 15) is 24.8 Å². The van der Waals surface area contributed by atoms with Crippen molar-refractivity contribution in [3.05, 3.63) is 39.1 Å². The first-order valence-corrected chi connectivity index (χ1v) is 7.70. The Morgan fingerprint density at radius 1 is 1.46 bits per heavy atom. The second-order valence-corrected chi connectivity index (χ2v) is 5.47. The summed E-state index contributed by atoms with van der Waals surface area (Å²) in [4.78, 5) is 36.6. The number of phenols is 1. The van der Waals surface area contributed by atoms with Gasteiger partial charge >= 0.3 is 17.7 Å². The SMILES string of the molecule is CCOc1c(O)ccc([C@@H]2NC(=O)N(C)C(C)=C2C(=O)OC)c1[N+](=O)[O-]. The number of carbonyl (C=O) groups is 2. The van der Waals surface area contributed by atoms with E-state index < -0.39 is 34.4 Å². The molecule has 0 bridgehead atoms. The van der Waals surface area contributed by atoms with Crippen molar-refractivity contribution in [2.75, 3.05) is 20.8 Å². The van der Waals surface area contributed by atoms with Gasteiger partial charge < -0.3 is 24.8 Å². The molecule has 0 saturated heterocycles. The number of rotatable bonds is 5. The van der Waals surface area contributed by atoms with E-state index in [2.05, 4.69) is 5.32 Å². The number of nitrogens with zero attached hydrogens (tertiary/aromatic N) is 2. The van der Waals surface area contributed by atoms with Crippen molar-refractivity contribution in [1.29, 1.82) is 0 Å². The molecule has 140 valence electrons. The van der Waals surface area contributed by atoms with Crippen LogP contribution in [0.4, 0.5) is 10.5 Å². The summed E-state index contributed by atoms with van der Waals surface area (Å²) < 4.78 is 9.98. The predicted octanol–water partition coefficient (Wildman–Crippen LogP) is 1.84. The summed E-state index contributed by atoms with van der Waals surface area (Å²) in [5.41, 5.74) is -0.190. The van der Waals surface area contributed by atoms with Crippen LogP contribution in [0.5, 0.6) is 11.5 Å². The van der Waals surface area contributed by atoms with Gasteiger partial charge in [-0.2, -0.15) is 0 Å². The molecule has 0 radical (unpaired) electrons. The topological polar surface area (TPSA) is 131 Å². The Kier molecular flexibility index (Phi) is 5.34. The Morgan fingerprint density at radius 3 is 2.65 bits per heavy atom. The first kappa shape index (κ1) is 19.0. The van der Waals surface area contributed by atoms with Crippen LogP contribution >= 0.6 is 0 Å². The molecule has 1 aromatic rings. The molecule has 10 heteroatoms. The molecule has 2 N–H and O–H groups in total. The normalized spacial score (nSPS) is 17.0. The molecule has 0 aromatic heterocycles. The number of amides is 2. The standard InChI is InChI=1S/C16H19N3O7/c1-5-26-14-10(20)7-6-9(13(14)19(23)24)12-11(15(21)25-4)8(2)18(3)16(22)17-12/h6-7,12,20H,5H2,1-4H3,(H,17,22)/t12-/m0/s1. The Bertz CT molecular complexity index is 803. The lowest BCUT2D eigenvalue weighted by molar-refractivity contribution is -0.386. The van der Waals surface area contributed by atoms with Crippen molar-refractivity contribution < 1.29 is 29.1 Å². The molecular formula is C16H19N3O7. The van der Waals surface area contributed by atoms with Crippen LogP contribution in [-0.2, 0) is 9.53 Å². The van der Waals surface area contributed by atoms with Gasteiger partial charge in [0.2, 0.25) is 5.75 Å². The van der Waals surface area contributed by atoms with Gasteiger partial charge in [-0.05, 0) is 26.0 Å². The van der Waals surface area contributed by atoms with Crippen LogP contribution in [-0.4, -0.2) is 47.7 Å². The zero-order valence-corrected chi connectivity index (χ0v) is 14.7. The van der Waals surface area contributed by atoms with Crippen LogP contribution in [0, 0.1) is 10.1 Å². The summed E-state index contributed by atoms with van der Waals surface area (Å²) in [6.07, 6.45) is 0. The minimum atomic E-state index is -1.13. The van der Waals surface area contributed by atoms with Crippen LogP contribution in [0.2, 0.25) is 0 Å². The van der Waals surface area contributed by atoms with Gasteiger partial charge in [0.25, 0.3) is 0 Å². The number of urea groups is 1. The van der Waals surface area contributed by atoms with Crippen LogP contribution in [0.15, 0.2) is 23.4 Å². The van der Waals surface area contributed by atoms with Crippen LogP contribution in [0.1, 0.15) is 25.5 Å². The second-order valence-electron chi connectivity index (χ2n) is 5.47. The maximum absolute atomic E-state index is 12.3. The highest BCUT2D eigenvalue weighted by Crippen LogP contribution is 2.44. The lowest BCUT2D eigenvalue weighted by Gasteiger charge is -2.33. The van der Waals surface area contributed by atoms with E-state index in [0.717, 1.165) is 0 Å². The number of hydrogen-bond acceptors (Lipinski definition) is 7. The van der Waals surface area contributed by atoms with Crippen molar-refractivity contribution >= 4 is 17.7 Å². The lowest BCUT2D eigenvalue weighted by atomic mass is 9.93. The zero-order valence-electron chi connectivity index (χ0n) is 14.7. The summed E-state index contributed by atoms with van der Waals surface area (Å²) in [6.45, 7) is 3.22. The van der Waals surface area contributed by atoms with Crippen LogP contribution in [0.3, 0.4) is 0 Å². The van der Waals surface area contributed by atoms with E-state index in [1.807, 2.05) is 0 Å². The Labute approximate surface area is 149 Å². The number of allylic oxidation sites excluding steroid dienone is 1. The highest BCUT2D eigenvalue weighted by Gasteiger charge is 2.39. The monoisotopic (exact) mass is 365 g/mol. The molecule has 0 fully saturated rings. The third-order valence-corrected chi connectivity index (χ3v) is 4.08. The lowest BCUT2D eigenvalue weighted by Crippen LogP contribution is -2.46.